The second kappa shape index (κ2) is 5.19. The van der Waals surface area contributed by atoms with Crippen LogP contribution in [0.3, 0.4) is 0 Å². The van der Waals surface area contributed by atoms with Crippen LogP contribution in [-0.2, 0) is 0 Å². The molecule has 17 heavy (non-hydrogen) atoms. The first kappa shape index (κ1) is 12.6. The monoisotopic (exact) mass is 355 g/mol. The van der Waals surface area contributed by atoms with E-state index in [0.717, 1.165) is 25.8 Å². The number of hydrogen-bond acceptors (Lipinski definition) is 2. The zero-order valence-corrected chi connectivity index (χ0v) is 12.7. The topological polar surface area (TPSA) is 22.1 Å². The molecular weight excluding hydrogens is 346 g/mol. The van der Waals surface area contributed by atoms with Crippen LogP contribution in [-0.4, -0.2) is 4.98 Å². The molecule has 88 valence electrons. The number of aromatic nitrogens is 1. The molecule has 0 bridgehead atoms. The van der Waals surface area contributed by atoms with E-state index < -0.39 is 0 Å². The molecule has 0 saturated carbocycles. The SMILES string of the molecule is Cc1ccc(Br)cc1Oc1nccc(C)c1Br. The lowest BCUT2D eigenvalue weighted by atomic mass is 10.2. The molecule has 0 radical (unpaired) electrons. The van der Waals surface area contributed by atoms with Crippen LogP contribution in [0.5, 0.6) is 11.6 Å². The Balaban J connectivity index is 2.38. The van der Waals surface area contributed by atoms with Crippen LogP contribution >= 0.6 is 31.9 Å². The second-order valence-corrected chi connectivity index (χ2v) is 5.47. The summed E-state index contributed by atoms with van der Waals surface area (Å²) in [5, 5.41) is 0. The minimum atomic E-state index is 0.589. The predicted octanol–water partition coefficient (Wildman–Crippen LogP) is 5.02. The Morgan fingerprint density at radius 2 is 1.82 bits per heavy atom. The number of ether oxygens (including phenoxy) is 1. The summed E-state index contributed by atoms with van der Waals surface area (Å²) < 4.78 is 7.69. The van der Waals surface area contributed by atoms with Crippen molar-refractivity contribution in [3.63, 3.8) is 0 Å². The van der Waals surface area contributed by atoms with Crippen molar-refractivity contribution in [1.82, 2.24) is 4.98 Å². The lowest BCUT2D eigenvalue weighted by Gasteiger charge is -2.10. The van der Waals surface area contributed by atoms with E-state index in [1.807, 2.05) is 38.1 Å². The van der Waals surface area contributed by atoms with Crippen molar-refractivity contribution in [2.75, 3.05) is 0 Å². The maximum atomic E-state index is 5.81. The fourth-order valence-electron chi connectivity index (χ4n) is 1.37. The summed E-state index contributed by atoms with van der Waals surface area (Å²) in [5.41, 5.74) is 2.17. The summed E-state index contributed by atoms with van der Waals surface area (Å²) in [6.45, 7) is 4.01. The van der Waals surface area contributed by atoms with E-state index in [-0.39, 0.29) is 0 Å². The Bertz CT molecular complexity index is 555. The molecule has 0 aliphatic heterocycles. The molecule has 0 N–H and O–H groups in total. The molecule has 0 spiro atoms. The van der Waals surface area contributed by atoms with Crippen molar-refractivity contribution in [2.45, 2.75) is 13.8 Å². The first-order chi connectivity index (χ1) is 8.08. The zero-order valence-electron chi connectivity index (χ0n) is 9.50. The maximum absolute atomic E-state index is 5.81. The highest BCUT2D eigenvalue weighted by Crippen LogP contribution is 2.32. The van der Waals surface area contributed by atoms with Gasteiger partial charge in [-0.05, 0) is 59.1 Å². The van der Waals surface area contributed by atoms with Crippen molar-refractivity contribution in [2.24, 2.45) is 0 Å². The van der Waals surface area contributed by atoms with E-state index >= 15 is 0 Å². The standard InChI is InChI=1S/C13H11Br2NO/c1-8-3-4-10(14)7-11(8)17-13-12(15)9(2)5-6-16-13/h3-7H,1-2H3. The molecule has 1 heterocycles. The van der Waals surface area contributed by atoms with Gasteiger partial charge in [0.25, 0.3) is 0 Å². The minimum Gasteiger partial charge on any atom is -0.438 e. The zero-order chi connectivity index (χ0) is 12.4. The highest BCUT2D eigenvalue weighted by Gasteiger charge is 2.08. The fourth-order valence-corrected chi connectivity index (χ4v) is 2.03. The third-order valence-corrected chi connectivity index (χ3v) is 3.86. The van der Waals surface area contributed by atoms with Gasteiger partial charge in [0.05, 0.1) is 4.47 Å². The van der Waals surface area contributed by atoms with Gasteiger partial charge in [-0.1, -0.05) is 22.0 Å². The Morgan fingerprint density at radius 3 is 2.59 bits per heavy atom. The average Bonchev–Trinajstić information content (AvgIpc) is 2.30. The van der Waals surface area contributed by atoms with Gasteiger partial charge >= 0.3 is 0 Å². The first-order valence-electron chi connectivity index (χ1n) is 5.13. The van der Waals surface area contributed by atoms with E-state index in [4.69, 9.17) is 4.74 Å². The van der Waals surface area contributed by atoms with Gasteiger partial charge in [0.15, 0.2) is 0 Å². The Kier molecular flexibility index (Phi) is 3.84. The van der Waals surface area contributed by atoms with Gasteiger partial charge in [-0.25, -0.2) is 4.98 Å². The van der Waals surface area contributed by atoms with Gasteiger partial charge < -0.3 is 4.74 Å². The summed E-state index contributed by atoms with van der Waals surface area (Å²) in [5.74, 6) is 1.39. The van der Waals surface area contributed by atoms with Gasteiger partial charge in [0.1, 0.15) is 5.75 Å². The molecule has 2 aromatic rings. The number of pyridine rings is 1. The third-order valence-electron chi connectivity index (χ3n) is 2.41. The number of nitrogens with zero attached hydrogens (tertiary/aromatic N) is 1. The molecule has 4 heteroatoms. The quantitative estimate of drug-likeness (QED) is 0.754. The normalized spacial score (nSPS) is 10.4. The highest BCUT2D eigenvalue weighted by atomic mass is 79.9. The van der Waals surface area contributed by atoms with Crippen molar-refractivity contribution < 1.29 is 4.74 Å². The Morgan fingerprint density at radius 1 is 1.06 bits per heavy atom. The fraction of sp³-hybridized carbons (Fsp3) is 0.154. The predicted molar refractivity (Wildman–Crippen MR) is 75.6 cm³/mol. The lowest BCUT2D eigenvalue weighted by Crippen LogP contribution is -1.92. The Hall–Kier alpha value is -0.870. The second-order valence-electron chi connectivity index (χ2n) is 3.76. The van der Waals surface area contributed by atoms with Crippen LogP contribution in [0.25, 0.3) is 0 Å². The molecule has 0 fully saturated rings. The number of aryl methyl sites for hydroxylation is 2. The summed E-state index contributed by atoms with van der Waals surface area (Å²) in [4.78, 5) is 4.22. The van der Waals surface area contributed by atoms with Crippen LogP contribution in [0.2, 0.25) is 0 Å². The van der Waals surface area contributed by atoms with Gasteiger partial charge in [-0.3, -0.25) is 0 Å². The van der Waals surface area contributed by atoms with Crippen molar-refractivity contribution >= 4 is 31.9 Å². The summed E-state index contributed by atoms with van der Waals surface area (Å²) in [7, 11) is 0. The van der Waals surface area contributed by atoms with Gasteiger partial charge in [-0.2, -0.15) is 0 Å². The maximum Gasteiger partial charge on any atom is 0.233 e. The lowest BCUT2D eigenvalue weighted by molar-refractivity contribution is 0.455. The van der Waals surface area contributed by atoms with Crippen LogP contribution in [0.15, 0.2) is 39.4 Å². The molecule has 1 aromatic carbocycles. The number of rotatable bonds is 2. The van der Waals surface area contributed by atoms with Crippen LogP contribution in [0, 0.1) is 13.8 Å². The van der Waals surface area contributed by atoms with Gasteiger partial charge in [0.2, 0.25) is 5.88 Å². The minimum absolute atomic E-state index is 0.589. The Labute approximate surface area is 117 Å². The van der Waals surface area contributed by atoms with Gasteiger partial charge in [0, 0.05) is 10.7 Å². The molecule has 0 unspecified atom stereocenters. The van der Waals surface area contributed by atoms with Crippen LogP contribution in [0.4, 0.5) is 0 Å². The summed E-state index contributed by atoms with van der Waals surface area (Å²) in [6.07, 6.45) is 1.74. The number of benzene rings is 1. The first-order valence-corrected chi connectivity index (χ1v) is 6.71. The molecule has 2 nitrogen and oxygen atoms in total. The molecule has 0 aliphatic carbocycles. The number of halogens is 2. The smallest absolute Gasteiger partial charge is 0.233 e. The number of hydrogen-bond donors (Lipinski definition) is 0. The van der Waals surface area contributed by atoms with Crippen molar-refractivity contribution in [3.05, 3.63) is 50.5 Å². The van der Waals surface area contributed by atoms with Crippen molar-refractivity contribution in [3.8, 4) is 11.6 Å². The van der Waals surface area contributed by atoms with E-state index in [1.54, 1.807) is 6.20 Å². The summed E-state index contributed by atoms with van der Waals surface area (Å²) in [6, 6.07) is 7.86. The summed E-state index contributed by atoms with van der Waals surface area (Å²) >= 11 is 6.91. The van der Waals surface area contributed by atoms with Gasteiger partial charge in [-0.15, -0.1) is 0 Å². The molecule has 1 aromatic heterocycles. The largest absolute Gasteiger partial charge is 0.438 e. The molecule has 0 saturated heterocycles. The van der Waals surface area contributed by atoms with E-state index in [1.165, 1.54) is 0 Å². The molecule has 0 amide bonds. The van der Waals surface area contributed by atoms with E-state index in [0.29, 0.717) is 5.88 Å². The van der Waals surface area contributed by atoms with E-state index in [9.17, 15) is 0 Å². The van der Waals surface area contributed by atoms with Crippen LogP contribution in [0.1, 0.15) is 11.1 Å². The van der Waals surface area contributed by atoms with Crippen LogP contribution < -0.4 is 4.74 Å². The average molecular weight is 357 g/mol. The van der Waals surface area contributed by atoms with Crippen molar-refractivity contribution in [1.29, 1.82) is 0 Å². The third kappa shape index (κ3) is 2.87. The molecular formula is C13H11Br2NO. The molecule has 0 atom stereocenters. The van der Waals surface area contributed by atoms with E-state index in [2.05, 4.69) is 36.8 Å². The highest BCUT2D eigenvalue weighted by molar-refractivity contribution is 9.10. The molecule has 0 aliphatic rings. The molecule has 2 rings (SSSR count).